The molecule has 1 aliphatic rings. The van der Waals surface area contributed by atoms with Crippen LogP contribution in [-0.4, -0.2) is 31.6 Å². The molecule has 98 valence electrons. The van der Waals surface area contributed by atoms with Gasteiger partial charge < -0.3 is 4.79 Å². The molecule has 0 spiro atoms. The van der Waals surface area contributed by atoms with Crippen molar-refractivity contribution in [1.82, 2.24) is 4.31 Å². The van der Waals surface area contributed by atoms with Crippen LogP contribution in [0.25, 0.3) is 0 Å². The van der Waals surface area contributed by atoms with Gasteiger partial charge in [-0.25, -0.2) is 8.42 Å². The molecule has 1 heterocycles. The molecule has 1 aromatic rings. The van der Waals surface area contributed by atoms with Crippen LogP contribution in [-0.2, 0) is 14.8 Å². The molecule has 0 amide bonds. The van der Waals surface area contributed by atoms with Crippen LogP contribution < -0.4 is 0 Å². The van der Waals surface area contributed by atoms with Gasteiger partial charge in [0.15, 0.2) is 0 Å². The summed E-state index contributed by atoms with van der Waals surface area (Å²) in [6, 6.07) is 3.54. The average molecular weight is 308 g/mol. The lowest BCUT2D eigenvalue weighted by Gasteiger charge is -2.20. The van der Waals surface area contributed by atoms with Crippen LogP contribution in [0.15, 0.2) is 23.1 Å². The molecule has 1 aliphatic heterocycles. The third-order valence-electron chi connectivity index (χ3n) is 2.85. The smallest absolute Gasteiger partial charge is 0.243 e. The van der Waals surface area contributed by atoms with E-state index < -0.39 is 16.1 Å². The summed E-state index contributed by atoms with van der Waals surface area (Å²) in [5.74, 6) is 0. The molecule has 1 atom stereocenters. The lowest BCUT2D eigenvalue weighted by Crippen LogP contribution is -2.36. The van der Waals surface area contributed by atoms with E-state index in [1.807, 2.05) is 0 Å². The zero-order valence-electron chi connectivity index (χ0n) is 9.34. The largest absolute Gasteiger partial charge is 0.302 e. The monoisotopic (exact) mass is 307 g/mol. The first-order valence-corrected chi connectivity index (χ1v) is 7.58. The molecule has 0 N–H and O–H groups in total. The summed E-state index contributed by atoms with van der Waals surface area (Å²) in [4.78, 5) is 10.9. The van der Waals surface area contributed by atoms with Gasteiger partial charge in [0.05, 0.1) is 10.9 Å². The fraction of sp³-hybridized carbons (Fsp3) is 0.364. The Balaban J connectivity index is 2.44. The maximum Gasteiger partial charge on any atom is 0.243 e. The first-order valence-electron chi connectivity index (χ1n) is 5.38. The summed E-state index contributed by atoms with van der Waals surface area (Å²) in [5, 5.41) is 0.505. The van der Waals surface area contributed by atoms with Crippen LogP contribution in [0.2, 0.25) is 10.0 Å². The van der Waals surface area contributed by atoms with Gasteiger partial charge in [-0.3, -0.25) is 0 Å². The van der Waals surface area contributed by atoms with Crippen LogP contribution in [0, 0.1) is 0 Å². The Kier molecular flexibility index (Phi) is 3.96. The van der Waals surface area contributed by atoms with E-state index in [2.05, 4.69) is 0 Å². The topological polar surface area (TPSA) is 54.5 Å². The minimum atomic E-state index is -3.71. The minimum Gasteiger partial charge on any atom is -0.302 e. The quantitative estimate of drug-likeness (QED) is 0.805. The molecule has 0 unspecified atom stereocenters. The second-order valence-electron chi connectivity index (χ2n) is 4.07. The highest BCUT2D eigenvalue weighted by molar-refractivity contribution is 7.89. The number of rotatable bonds is 3. The van der Waals surface area contributed by atoms with E-state index in [1.165, 1.54) is 22.5 Å². The molecule has 18 heavy (non-hydrogen) atoms. The fourth-order valence-electron chi connectivity index (χ4n) is 2.01. The molecule has 7 heteroatoms. The van der Waals surface area contributed by atoms with E-state index in [9.17, 15) is 13.2 Å². The summed E-state index contributed by atoms with van der Waals surface area (Å²) < 4.78 is 25.9. The van der Waals surface area contributed by atoms with E-state index in [0.717, 1.165) is 0 Å². The van der Waals surface area contributed by atoms with E-state index in [1.54, 1.807) is 0 Å². The van der Waals surface area contributed by atoms with Crippen molar-refractivity contribution in [3.63, 3.8) is 0 Å². The summed E-state index contributed by atoms with van der Waals surface area (Å²) in [5.41, 5.74) is 0. The summed E-state index contributed by atoms with van der Waals surface area (Å²) in [7, 11) is -3.71. The number of carbonyl (C=O) groups excluding carboxylic acids is 1. The van der Waals surface area contributed by atoms with Crippen molar-refractivity contribution in [3.05, 3.63) is 28.2 Å². The van der Waals surface area contributed by atoms with Gasteiger partial charge in [-0.2, -0.15) is 4.31 Å². The number of sulfonamides is 1. The molecule has 1 fully saturated rings. The molecule has 1 saturated heterocycles. The molecule has 4 nitrogen and oxygen atoms in total. The number of hydrogen-bond donors (Lipinski definition) is 0. The highest BCUT2D eigenvalue weighted by Gasteiger charge is 2.35. The zero-order valence-corrected chi connectivity index (χ0v) is 11.7. The zero-order chi connectivity index (χ0) is 13.3. The molecule has 0 saturated carbocycles. The predicted octanol–water partition coefficient (Wildman–Crippen LogP) is 2.35. The molecule has 2 rings (SSSR count). The van der Waals surface area contributed by atoms with Crippen molar-refractivity contribution < 1.29 is 13.2 Å². The molecular weight excluding hydrogens is 297 g/mol. The lowest BCUT2D eigenvalue weighted by molar-refractivity contribution is -0.110. The minimum absolute atomic E-state index is 0.0220. The van der Waals surface area contributed by atoms with Crippen molar-refractivity contribution in [2.75, 3.05) is 6.54 Å². The Morgan fingerprint density at radius 1 is 1.22 bits per heavy atom. The van der Waals surface area contributed by atoms with Crippen molar-refractivity contribution in [2.45, 2.75) is 23.8 Å². The SMILES string of the molecule is O=C[C@@H]1CCCN1S(=O)(=O)c1cc(Cl)cc(Cl)c1. The van der Waals surface area contributed by atoms with Gasteiger partial charge in [-0.15, -0.1) is 0 Å². The van der Waals surface area contributed by atoms with Crippen molar-refractivity contribution in [3.8, 4) is 0 Å². The van der Waals surface area contributed by atoms with Gasteiger partial charge in [-0.05, 0) is 31.0 Å². The van der Waals surface area contributed by atoms with E-state index in [0.29, 0.717) is 25.7 Å². The van der Waals surface area contributed by atoms with Crippen LogP contribution in [0.1, 0.15) is 12.8 Å². The van der Waals surface area contributed by atoms with E-state index in [4.69, 9.17) is 23.2 Å². The van der Waals surface area contributed by atoms with Crippen LogP contribution in [0.5, 0.6) is 0 Å². The normalized spacial score (nSPS) is 21.1. The third-order valence-corrected chi connectivity index (χ3v) is 5.19. The van der Waals surface area contributed by atoms with Gasteiger partial charge in [0.1, 0.15) is 6.29 Å². The Labute approximate surface area is 116 Å². The highest BCUT2D eigenvalue weighted by Crippen LogP contribution is 2.28. The molecule has 1 aromatic carbocycles. The molecular formula is C11H11Cl2NO3S. The number of nitrogens with zero attached hydrogens (tertiary/aromatic N) is 1. The number of halogens is 2. The second kappa shape index (κ2) is 5.17. The summed E-state index contributed by atoms with van der Waals surface area (Å²) >= 11 is 11.6. The van der Waals surface area contributed by atoms with Crippen LogP contribution >= 0.6 is 23.2 Å². The van der Waals surface area contributed by atoms with Gasteiger partial charge in [0.25, 0.3) is 0 Å². The third kappa shape index (κ3) is 2.54. The maximum atomic E-state index is 12.4. The van der Waals surface area contributed by atoms with Crippen LogP contribution in [0.4, 0.5) is 0 Å². The Hall–Kier alpha value is -0.620. The predicted molar refractivity (Wildman–Crippen MR) is 69.4 cm³/mol. The van der Waals surface area contributed by atoms with E-state index in [-0.39, 0.29) is 14.9 Å². The van der Waals surface area contributed by atoms with Crippen LogP contribution in [0.3, 0.4) is 0 Å². The Morgan fingerprint density at radius 3 is 2.39 bits per heavy atom. The van der Waals surface area contributed by atoms with Gasteiger partial charge in [0.2, 0.25) is 10.0 Å². The van der Waals surface area contributed by atoms with Gasteiger partial charge in [0, 0.05) is 16.6 Å². The van der Waals surface area contributed by atoms with Crippen molar-refractivity contribution >= 4 is 39.5 Å². The molecule has 0 radical (unpaired) electrons. The van der Waals surface area contributed by atoms with Crippen molar-refractivity contribution in [2.24, 2.45) is 0 Å². The number of carbonyl (C=O) groups is 1. The standard InChI is InChI=1S/C11H11Cl2NO3S/c12-8-4-9(13)6-11(5-8)18(16,17)14-3-1-2-10(14)7-15/h4-7,10H,1-3H2/t10-/m0/s1. The van der Waals surface area contributed by atoms with Crippen molar-refractivity contribution in [1.29, 1.82) is 0 Å². The first-order chi connectivity index (χ1) is 8.45. The lowest BCUT2D eigenvalue weighted by atomic mass is 10.2. The number of benzene rings is 1. The molecule has 0 bridgehead atoms. The molecule has 0 aromatic heterocycles. The fourth-order valence-corrected chi connectivity index (χ4v) is 4.37. The molecule has 0 aliphatic carbocycles. The Morgan fingerprint density at radius 2 is 1.83 bits per heavy atom. The first kappa shape index (κ1) is 13.8. The number of aldehydes is 1. The van der Waals surface area contributed by atoms with E-state index >= 15 is 0 Å². The second-order valence-corrected chi connectivity index (χ2v) is 6.83. The number of hydrogen-bond acceptors (Lipinski definition) is 3. The van der Waals surface area contributed by atoms with Gasteiger partial charge >= 0.3 is 0 Å². The Bertz CT molecular complexity index is 553. The summed E-state index contributed by atoms with van der Waals surface area (Å²) in [6.45, 7) is 0.343. The average Bonchev–Trinajstić information content (AvgIpc) is 2.76. The van der Waals surface area contributed by atoms with Gasteiger partial charge in [-0.1, -0.05) is 23.2 Å². The summed E-state index contributed by atoms with van der Waals surface area (Å²) in [6.07, 6.45) is 1.89. The maximum absolute atomic E-state index is 12.4. The highest BCUT2D eigenvalue weighted by atomic mass is 35.5.